The average Bonchev–Trinajstić information content (AvgIpc) is 2.45. The molecule has 1 unspecified atom stereocenters. The van der Waals surface area contributed by atoms with Crippen molar-refractivity contribution < 1.29 is 14.6 Å². The molecule has 21 heavy (non-hydrogen) atoms. The molecule has 2 N–H and O–H groups in total. The summed E-state index contributed by atoms with van der Waals surface area (Å²) in [6.45, 7) is 11.4. The van der Waals surface area contributed by atoms with Crippen molar-refractivity contribution in [3.8, 4) is 0 Å². The third-order valence-corrected chi connectivity index (χ3v) is 4.63. The van der Waals surface area contributed by atoms with E-state index in [-0.39, 0.29) is 29.3 Å². The van der Waals surface area contributed by atoms with Crippen LogP contribution in [0.3, 0.4) is 0 Å². The average molecular weight is 299 g/mol. The van der Waals surface area contributed by atoms with Crippen LogP contribution in [0.5, 0.6) is 0 Å². The fourth-order valence-corrected chi connectivity index (χ4v) is 3.21. The SMILES string of the molecule is CCOC(=O)C1CCC(NCC(C)(C)C(O)C(C)C)CC1. The summed E-state index contributed by atoms with van der Waals surface area (Å²) < 4.78 is 5.10. The molecule has 0 spiro atoms. The highest BCUT2D eigenvalue weighted by Crippen LogP contribution is 2.28. The van der Waals surface area contributed by atoms with Gasteiger partial charge < -0.3 is 15.2 Å². The third kappa shape index (κ3) is 5.59. The first-order chi connectivity index (χ1) is 9.77. The summed E-state index contributed by atoms with van der Waals surface area (Å²) in [4.78, 5) is 11.7. The lowest BCUT2D eigenvalue weighted by Crippen LogP contribution is -2.46. The van der Waals surface area contributed by atoms with Gasteiger partial charge in [0.05, 0.1) is 18.6 Å². The number of aliphatic hydroxyl groups excluding tert-OH is 1. The maximum Gasteiger partial charge on any atom is 0.308 e. The van der Waals surface area contributed by atoms with Gasteiger partial charge in [-0.25, -0.2) is 0 Å². The molecule has 1 saturated carbocycles. The summed E-state index contributed by atoms with van der Waals surface area (Å²) in [5.74, 6) is 0.310. The van der Waals surface area contributed by atoms with Crippen molar-refractivity contribution in [3.63, 3.8) is 0 Å². The van der Waals surface area contributed by atoms with Crippen LogP contribution in [0.25, 0.3) is 0 Å². The zero-order valence-corrected chi connectivity index (χ0v) is 14.3. The van der Waals surface area contributed by atoms with E-state index in [1.807, 2.05) is 6.92 Å². The zero-order chi connectivity index (χ0) is 16.0. The van der Waals surface area contributed by atoms with Gasteiger partial charge in [0.2, 0.25) is 0 Å². The molecule has 0 aliphatic heterocycles. The van der Waals surface area contributed by atoms with E-state index in [1.54, 1.807) is 0 Å². The quantitative estimate of drug-likeness (QED) is 0.710. The van der Waals surface area contributed by atoms with Gasteiger partial charge in [0.1, 0.15) is 0 Å². The van der Waals surface area contributed by atoms with Gasteiger partial charge in [-0.2, -0.15) is 0 Å². The standard InChI is InChI=1S/C17H33NO3/c1-6-21-16(20)13-7-9-14(10-8-13)18-11-17(4,5)15(19)12(2)3/h12-15,18-19H,6-11H2,1-5H3. The molecule has 0 saturated heterocycles. The zero-order valence-electron chi connectivity index (χ0n) is 14.3. The largest absolute Gasteiger partial charge is 0.466 e. The van der Waals surface area contributed by atoms with Gasteiger partial charge in [-0.3, -0.25) is 4.79 Å². The molecule has 0 heterocycles. The van der Waals surface area contributed by atoms with E-state index in [9.17, 15) is 9.90 Å². The Balaban J connectivity index is 2.34. The number of nitrogens with one attached hydrogen (secondary N) is 1. The molecule has 1 rings (SSSR count). The lowest BCUT2D eigenvalue weighted by Gasteiger charge is -2.36. The lowest BCUT2D eigenvalue weighted by molar-refractivity contribution is -0.149. The number of rotatable bonds is 7. The summed E-state index contributed by atoms with van der Waals surface area (Å²) in [7, 11) is 0. The van der Waals surface area contributed by atoms with Gasteiger partial charge in [0.25, 0.3) is 0 Å². The Morgan fingerprint density at radius 1 is 1.29 bits per heavy atom. The van der Waals surface area contributed by atoms with E-state index >= 15 is 0 Å². The monoisotopic (exact) mass is 299 g/mol. The molecule has 0 aromatic carbocycles. The molecular formula is C17H33NO3. The summed E-state index contributed by atoms with van der Waals surface area (Å²) in [6.07, 6.45) is 3.53. The van der Waals surface area contributed by atoms with Gasteiger partial charge in [0.15, 0.2) is 0 Å². The van der Waals surface area contributed by atoms with Gasteiger partial charge >= 0.3 is 5.97 Å². The molecule has 0 aromatic rings. The van der Waals surface area contributed by atoms with Crippen LogP contribution in [0.1, 0.15) is 60.3 Å². The van der Waals surface area contributed by atoms with Gasteiger partial charge in [0, 0.05) is 18.0 Å². The van der Waals surface area contributed by atoms with Crippen molar-refractivity contribution >= 4 is 5.97 Å². The van der Waals surface area contributed by atoms with Crippen LogP contribution in [-0.2, 0) is 9.53 Å². The summed E-state index contributed by atoms with van der Waals surface area (Å²) >= 11 is 0. The second-order valence-corrected chi connectivity index (χ2v) is 7.36. The number of hydrogen-bond donors (Lipinski definition) is 2. The Labute approximate surface area is 129 Å². The first-order valence-corrected chi connectivity index (χ1v) is 8.36. The van der Waals surface area contributed by atoms with E-state index in [2.05, 4.69) is 33.0 Å². The number of ether oxygens (including phenoxy) is 1. The number of aliphatic hydroxyl groups is 1. The Morgan fingerprint density at radius 2 is 1.86 bits per heavy atom. The third-order valence-electron chi connectivity index (χ3n) is 4.63. The molecule has 0 bridgehead atoms. The van der Waals surface area contributed by atoms with Gasteiger partial charge in [-0.05, 0) is 38.5 Å². The predicted octanol–water partition coefficient (Wildman–Crippen LogP) is 2.74. The Morgan fingerprint density at radius 3 is 2.33 bits per heavy atom. The molecule has 1 aliphatic carbocycles. The number of carbonyl (C=O) groups excluding carboxylic acids is 1. The van der Waals surface area contributed by atoms with Gasteiger partial charge in [-0.1, -0.05) is 27.7 Å². The summed E-state index contributed by atoms with van der Waals surface area (Å²) in [6, 6.07) is 0.453. The molecule has 4 nitrogen and oxygen atoms in total. The fraction of sp³-hybridized carbons (Fsp3) is 0.941. The highest BCUT2D eigenvalue weighted by Gasteiger charge is 2.32. The normalized spacial score (nSPS) is 24.9. The van der Waals surface area contributed by atoms with Crippen LogP contribution in [0, 0.1) is 17.3 Å². The van der Waals surface area contributed by atoms with Crippen LogP contribution in [-0.4, -0.2) is 36.4 Å². The molecule has 4 heteroatoms. The van der Waals surface area contributed by atoms with E-state index in [1.165, 1.54) is 0 Å². The van der Waals surface area contributed by atoms with Crippen LogP contribution in [0.15, 0.2) is 0 Å². The number of esters is 1. The predicted molar refractivity (Wildman–Crippen MR) is 85.0 cm³/mol. The Kier molecular flexibility index (Phi) is 7.14. The first kappa shape index (κ1) is 18.4. The van der Waals surface area contributed by atoms with Crippen molar-refractivity contribution in [2.75, 3.05) is 13.2 Å². The molecule has 0 aromatic heterocycles. The second kappa shape index (κ2) is 8.14. The van der Waals surface area contributed by atoms with Crippen LogP contribution < -0.4 is 5.32 Å². The van der Waals surface area contributed by atoms with E-state index in [4.69, 9.17) is 4.74 Å². The molecule has 0 radical (unpaired) electrons. The van der Waals surface area contributed by atoms with Crippen LogP contribution in [0.2, 0.25) is 0 Å². The van der Waals surface area contributed by atoms with Crippen molar-refractivity contribution in [1.29, 1.82) is 0 Å². The molecular weight excluding hydrogens is 266 g/mol. The van der Waals surface area contributed by atoms with E-state index < -0.39 is 0 Å². The van der Waals surface area contributed by atoms with E-state index in [0.29, 0.717) is 12.6 Å². The molecule has 1 aliphatic rings. The molecule has 0 amide bonds. The van der Waals surface area contributed by atoms with Crippen LogP contribution in [0.4, 0.5) is 0 Å². The van der Waals surface area contributed by atoms with Gasteiger partial charge in [-0.15, -0.1) is 0 Å². The number of hydrogen-bond acceptors (Lipinski definition) is 4. The smallest absolute Gasteiger partial charge is 0.308 e. The molecule has 1 atom stereocenters. The summed E-state index contributed by atoms with van der Waals surface area (Å²) in [5.41, 5.74) is -0.133. The first-order valence-electron chi connectivity index (χ1n) is 8.36. The fourth-order valence-electron chi connectivity index (χ4n) is 3.21. The van der Waals surface area contributed by atoms with Crippen molar-refractivity contribution in [3.05, 3.63) is 0 Å². The van der Waals surface area contributed by atoms with Crippen molar-refractivity contribution in [2.45, 2.75) is 72.4 Å². The highest BCUT2D eigenvalue weighted by molar-refractivity contribution is 5.72. The summed E-state index contributed by atoms with van der Waals surface area (Å²) in [5, 5.41) is 13.8. The highest BCUT2D eigenvalue weighted by atomic mass is 16.5. The second-order valence-electron chi connectivity index (χ2n) is 7.36. The maximum absolute atomic E-state index is 11.7. The minimum atomic E-state index is -0.305. The van der Waals surface area contributed by atoms with E-state index in [0.717, 1.165) is 32.2 Å². The van der Waals surface area contributed by atoms with Crippen LogP contribution >= 0.6 is 0 Å². The minimum Gasteiger partial charge on any atom is -0.466 e. The lowest BCUT2D eigenvalue weighted by atomic mass is 9.80. The number of carbonyl (C=O) groups is 1. The topological polar surface area (TPSA) is 58.6 Å². The Hall–Kier alpha value is -0.610. The van der Waals surface area contributed by atoms with Crippen molar-refractivity contribution in [2.24, 2.45) is 17.3 Å². The molecule has 1 fully saturated rings. The minimum absolute atomic E-state index is 0.0356. The Bertz CT molecular complexity index is 320. The maximum atomic E-state index is 11.7. The van der Waals surface area contributed by atoms with Crippen molar-refractivity contribution in [1.82, 2.24) is 5.32 Å². The molecule has 124 valence electrons.